The van der Waals surface area contributed by atoms with Crippen molar-refractivity contribution in [1.82, 2.24) is 0 Å². The zero-order valence-corrected chi connectivity index (χ0v) is 35.4. The molecule has 0 nitrogen and oxygen atoms in total. The molecule has 0 saturated carbocycles. The molecule has 2 radical (unpaired) electrons. The van der Waals surface area contributed by atoms with Gasteiger partial charge in [-0.1, -0.05) is 145 Å². The van der Waals surface area contributed by atoms with Gasteiger partial charge in [0.1, 0.15) is 0 Å². The fourth-order valence-corrected chi connectivity index (χ4v) is 7.15. The van der Waals surface area contributed by atoms with Gasteiger partial charge in [-0.3, -0.25) is 0 Å². The Bertz CT molecular complexity index is 1870. The molecule has 0 unspecified atom stereocenters. The molecule has 0 saturated heterocycles. The van der Waals surface area contributed by atoms with Crippen LogP contribution < -0.4 is 5.19 Å². The molecule has 0 heterocycles. The Kier molecular flexibility index (Phi) is 14.4. The number of hydrogen-bond acceptors (Lipinski definition) is 0. The molecule has 0 aliphatic carbocycles. The molecule has 0 spiro atoms. The first-order valence-electron chi connectivity index (χ1n) is 16.1. The molecule has 6 aromatic carbocycles. The van der Waals surface area contributed by atoms with Crippen molar-refractivity contribution in [2.75, 3.05) is 0 Å². The van der Waals surface area contributed by atoms with Crippen LogP contribution in [-0.4, -0.2) is 15.0 Å². The van der Waals surface area contributed by atoms with Crippen LogP contribution in [0.3, 0.4) is 0 Å². The number of aryl methyl sites for hydroxylation is 2. The van der Waals surface area contributed by atoms with Gasteiger partial charge in [0.2, 0.25) is 0 Å². The predicted molar refractivity (Wildman–Crippen MR) is 214 cm³/mol. The zero-order chi connectivity index (χ0) is 33.1. The minimum atomic E-state index is -1.22. The Labute approximate surface area is 305 Å². The number of fused-ring (bicyclic) bond motifs is 2. The molecule has 0 N–H and O–H groups in total. The maximum absolute atomic E-state index is 3.06. The summed E-state index contributed by atoms with van der Waals surface area (Å²) in [5, 5.41) is 7.01. The van der Waals surface area contributed by atoms with Crippen LogP contribution in [-0.2, 0) is 28.8 Å². The van der Waals surface area contributed by atoms with Crippen molar-refractivity contribution >= 4 is 41.7 Å². The quantitative estimate of drug-likeness (QED) is 0.125. The van der Waals surface area contributed by atoms with E-state index in [4.69, 9.17) is 0 Å². The summed E-state index contributed by atoms with van der Waals surface area (Å²) in [6, 6.07) is 38.7. The summed E-state index contributed by atoms with van der Waals surface area (Å²) in [4.78, 5) is 0. The molecular formula is C44H54Si2Zr-4. The van der Waals surface area contributed by atoms with E-state index in [1.807, 2.05) is 0 Å². The molecule has 0 amide bonds. The van der Waals surface area contributed by atoms with Crippen LogP contribution >= 0.6 is 0 Å². The molecule has 0 aromatic heterocycles. The Balaban J connectivity index is 0.000000299. The number of benzene rings is 4. The van der Waals surface area contributed by atoms with Crippen molar-refractivity contribution in [1.29, 1.82) is 0 Å². The van der Waals surface area contributed by atoms with Gasteiger partial charge in [0.15, 0.2) is 0 Å². The Morgan fingerprint density at radius 3 is 1.77 bits per heavy atom. The summed E-state index contributed by atoms with van der Waals surface area (Å²) in [5.41, 5.74) is 11.0. The molecule has 6 aromatic rings. The molecule has 0 fully saturated rings. The summed E-state index contributed by atoms with van der Waals surface area (Å²) in [5.74, 6) is 0.573. The van der Waals surface area contributed by atoms with Crippen molar-refractivity contribution in [3.05, 3.63) is 140 Å². The molecule has 246 valence electrons. The zero-order valence-electron chi connectivity index (χ0n) is 30.9. The van der Waals surface area contributed by atoms with Crippen molar-refractivity contribution in [2.24, 2.45) is 0 Å². The third-order valence-electron chi connectivity index (χ3n) is 8.81. The fraction of sp³-hybridized carbons (Fsp3) is 0.273. The van der Waals surface area contributed by atoms with E-state index in [2.05, 4.69) is 178 Å². The van der Waals surface area contributed by atoms with Crippen molar-refractivity contribution in [3.8, 4) is 22.3 Å². The standard InChI is InChI=1S/C22H25.C20H23Si.2CH3.Si.Zr/c1-15(2)18-13-17-7-6-8-20(21(17)14-18)16-9-11-19(12-10-16)22(3,4)5;1-14-12-19-15(2)6-11-18(20(19)13-14)16-7-9-17(10-8-16)21(3,4)5;;;;/h6-15H,1-5H3;6-13H,1-5H3;2*1H3;;/q4*-1;;. The van der Waals surface area contributed by atoms with E-state index >= 15 is 0 Å². The second-order valence-corrected chi connectivity index (χ2v) is 19.8. The summed E-state index contributed by atoms with van der Waals surface area (Å²) < 4.78 is 0. The maximum atomic E-state index is 3.06. The second kappa shape index (κ2) is 16.7. The van der Waals surface area contributed by atoms with Crippen molar-refractivity contribution < 1.29 is 23.3 Å². The molecular weight excluding hydrogens is 676 g/mol. The first-order chi connectivity index (χ1) is 21.2. The molecule has 6 rings (SSSR count). The van der Waals surface area contributed by atoms with Gasteiger partial charge < -0.3 is 14.9 Å². The van der Waals surface area contributed by atoms with E-state index in [0.717, 1.165) is 0 Å². The Hall–Kier alpha value is -2.58. The van der Waals surface area contributed by atoms with E-state index in [-0.39, 0.29) is 20.3 Å². The average Bonchev–Trinajstić information content (AvgIpc) is 3.62. The van der Waals surface area contributed by atoms with Crippen LogP contribution in [0.15, 0.2) is 103 Å². The molecule has 0 atom stereocenters. The molecule has 0 bridgehead atoms. The monoisotopic (exact) mass is 728 g/mol. The summed E-state index contributed by atoms with van der Waals surface area (Å²) in [6.45, 7) is 25.9. The minimum absolute atomic E-state index is 0. The van der Waals surface area contributed by atoms with Crippen LogP contribution in [0.5, 0.6) is 0 Å². The summed E-state index contributed by atoms with van der Waals surface area (Å²) >= 11 is 1.36. The SMILES string of the molecule is CC(C)c1cc2c(-c3ccc(C(C)(C)C)cc3)cccc2[cH-]1.Cc1cc2c(-c3ccc([Si](C)(C)C)cc3)ccc(C)c2[cH-]1.[CH3-].[CH3-].[Si]=[Zr]. The van der Waals surface area contributed by atoms with Crippen molar-refractivity contribution in [3.63, 3.8) is 0 Å². The van der Waals surface area contributed by atoms with E-state index in [0.29, 0.717) is 5.92 Å². The van der Waals surface area contributed by atoms with Gasteiger partial charge >= 0.3 is 30.2 Å². The van der Waals surface area contributed by atoms with Gasteiger partial charge in [-0.2, -0.15) is 12.1 Å². The van der Waals surface area contributed by atoms with E-state index in [1.165, 1.54) is 94.6 Å². The molecule has 0 aliphatic rings. The van der Waals surface area contributed by atoms with Crippen molar-refractivity contribution in [2.45, 2.75) is 79.4 Å². The van der Waals surface area contributed by atoms with E-state index in [9.17, 15) is 0 Å². The van der Waals surface area contributed by atoms with Gasteiger partial charge in [-0.05, 0) is 28.0 Å². The van der Waals surface area contributed by atoms with Crippen LogP contribution in [0.2, 0.25) is 19.6 Å². The van der Waals surface area contributed by atoms with Crippen LogP contribution in [0, 0.1) is 28.7 Å². The molecule has 0 aliphatic heterocycles. The number of rotatable bonds is 4. The summed E-state index contributed by atoms with van der Waals surface area (Å²) in [7, 11) is -1.22. The van der Waals surface area contributed by atoms with Gasteiger partial charge in [0.05, 0.1) is 8.07 Å². The predicted octanol–water partition coefficient (Wildman–Crippen LogP) is 12.6. The summed E-state index contributed by atoms with van der Waals surface area (Å²) in [6.07, 6.45) is 0. The normalized spacial score (nSPS) is 11.2. The number of hydrogen-bond donors (Lipinski definition) is 0. The fourth-order valence-electron chi connectivity index (χ4n) is 5.98. The van der Waals surface area contributed by atoms with E-state index < -0.39 is 8.07 Å². The first kappa shape index (κ1) is 40.6. The average molecular weight is 730 g/mol. The van der Waals surface area contributed by atoms with Gasteiger partial charge in [-0.15, -0.1) is 68.6 Å². The van der Waals surface area contributed by atoms with Gasteiger partial charge in [-0.25, -0.2) is 0 Å². The van der Waals surface area contributed by atoms with Crippen LogP contribution in [0.1, 0.15) is 62.8 Å². The molecule has 3 heteroatoms. The van der Waals surface area contributed by atoms with Gasteiger partial charge in [0.25, 0.3) is 0 Å². The second-order valence-electron chi connectivity index (χ2n) is 14.7. The van der Waals surface area contributed by atoms with Crippen LogP contribution in [0.4, 0.5) is 0 Å². The molecule has 47 heavy (non-hydrogen) atoms. The van der Waals surface area contributed by atoms with E-state index in [1.54, 1.807) is 0 Å². The van der Waals surface area contributed by atoms with Gasteiger partial charge in [0, 0.05) is 0 Å². The first-order valence-corrected chi connectivity index (χ1v) is 23.7. The van der Waals surface area contributed by atoms with Crippen LogP contribution in [0.25, 0.3) is 43.8 Å². The topological polar surface area (TPSA) is 0 Å². The Morgan fingerprint density at radius 1 is 0.681 bits per heavy atom. The third-order valence-corrected chi connectivity index (χ3v) is 10.9. The Morgan fingerprint density at radius 2 is 1.23 bits per heavy atom. The third kappa shape index (κ3) is 9.53.